The molecule has 0 unspecified atom stereocenters. The van der Waals surface area contributed by atoms with Gasteiger partial charge in [-0.3, -0.25) is 25.0 Å². The van der Waals surface area contributed by atoms with Crippen LogP contribution in [0.1, 0.15) is 27.2 Å². The number of nitro benzene ring substituents is 2. The third-order valence-electron chi connectivity index (χ3n) is 4.70. The van der Waals surface area contributed by atoms with Gasteiger partial charge in [-0.25, -0.2) is 0 Å². The first-order chi connectivity index (χ1) is 15.7. The zero-order valence-electron chi connectivity index (χ0n) is 18.5. The van der Waals surface area contributed by atoms with Crippen molar-refractivity contribution in [3.63, 3.8) is 0 Å². The number of benzene rings is 2. The molecule has 0 aromatic heterocycles. The molecule has 0 atom stereocenters. The number of nitrogens with one attached hydrogen (secondary N) is 1. The van der Waals surface area contributed by atoms with Gasteiger partial charge in [0, 0.05) is 31.6 Å². The van der Waals surface area contributed by atoms with Gasteiger partial charge in [0.1, 0.15) is 11.4 Å². The van der Waals surface area contributed by atoms with Gasteiger partial charge in [-0.2, -0.15) is 4.39 Å². The highest BCUT2D eigenvalue weighted by molar-refractivity contribution is 5.95. The van der Waals surface area contributed by atoms with Crippen LogP contribution in [0.15, 0.2) is 34.5 Å². The normalized spacial score (nSPS) is 10.8. The van der Waals surface area contributed by atoms with Crippen LogP contribution in [0.4, 0.5) is 38.5 Å². The fraction of sp³-hybridized carbons (Fsp3) is 0.350. The molecule has 0 saturated heterocycles. The first-order valence-corrected chi connectivity index (χ1v) is 9.97. The molecule has 1 N–H and O–H groups in total. The molecule has 0 spiro atoms. The van der Waals surface area contributed by atoms with E-state index in [1.807, 2.05) is 18.7 Å². The van der Waals surface area contributed by atoms with E-state index in [2.05, 4.69) is 15.5 Å². The maximum absolute atomic E-state index is 14.1. The number of amides is 1. The second-order valence-corrected chi connectivity index (χ2v) is 6.62. The molecule has 2 aromatic carbocycles. The lowest BCUT2D eigenvalue weighted by Crippen LogP contribution is -2.22. The summed E-state index contributed by atoms with van der Waals surface area (Å²) < 4.78 is 19.5. The minimum atomic E-state index is -1.30. The predicted octanol–water partition coefficient (Wildman–Crippen LogP) is 5.26. The standard InChI is InChI=1S/C20H23FN6O6/c1-5-20(28)22-13-9-18(25(6-2)7-3)19(33-4)10-14(13)23-24-15-8-12(21)16(26(29)30)11-17(15)27(31)32/h8-11H,5-7H2,1-4H3,(H,22,28). The molecule has 2 rings (SSSR count). The lowest BCUT2D eigenvalue weighted by molar-refractivity contribution is -0.395. The molecule has 0 fully saturated rings. The van der Waals surface area contributed by atoms with Crippen LogP contribution in [0.2, 0.25) is 0 Å². The van der Waals surface area contributed by atoms with E-state index in [9.17, 15) is 29.4 Å². The molecule has 0 heterocycles. The van der Waals surface area contributed by atoms with Crippen molar-refractivity contribution >= 4 is 40.0 Å². The van der Waals surface area contributed by atoms with Crippen LogP contribution in [0, 0.1) is 26.0 Å². The summed E-state index contributed by atoms with van der Waals surface area (Å²) in [6.07, 6.45) is 0.183. The Hall–Kier alpha value is -4.16. The summed E-state index contributed by atoms with van der Waals surface area (Å²) in [5.74, 6) is -1.20. The summed E-state index contributed by atoms with van der Waals surface area (Å²) in [6.45, 7) is 6.87. The van der Waals surface area contributed by atoms with E-state index in [4.69, 9.17) is 4.74 Å². The molecule has 0 radical (unpaired) electrons. The Morgan fingerprint density at radius 1 is 1.03 bits per heavy atom. The number of ether oxygens (including phenoxy) is 1. The molecule has 12 nitrogen and oxygen atoms in total. The second kappa shape index (κ2) is 10.9. The van der Waals surface area contributed by atoms with Gasteiger partial charge in [-0.15, -0.1) is 10.2 Å². The van der Waals surface area contributed by atoms with Gasteiger partial charge in [0.25, 0.3) is 0 Å². The molecule has 1 amide bonds. The Bertz CT molecular complexity index is 1100. The van der Waals surface area contributed by atoms with Crippen molar-refractivity contribution < 1.29 is 23.8 Å². The number of methoxy groups -OCH3 is 1. The molecule has 0 bridgehead atoms. The summed E-state index contributed by atoms with van der Waals surface area (Å²) in [6, 6.07) is 4.16. The summed E-state index contributed by atoms with van der Waals surface area (Å²) >= 11 is 0. The van der Waals surface area contributed by atoms with Crippen LogP contribution in [0.5, 0.6) is 5.75 Å². The van der Waals surface area contributed by atoms with Gasteiger partial charge in [0.05, 0.1) is 34.4 Å². The molecule has 33 heavy (non-hydrogen) atoms. The fourth-order valence-electron chi connectivity index (χ4n) is 2.97. The van der Waals surface area contributed by atoms with Crippen LogP contribution < -0.4 is 15.0 Å². The first-order valence-electron chi connectivity index (χ1n) is 9.97. The van der Waals surface area contributed by atoms with E-state index in [-0.39, 0.29) is 23.7 Å². The van der Waals surface area contributed by atoms with Gasteiger partial charge in [0.2, 0.25) is 11.7 Å². The summed E-state index contributed by atoms with van der Waals surface area (Å²) in [5, 5.41) is 32.6. The molecule has 0 aliphatic carbocycles. The number of anilines is 2. The number of nitrogens with zero attached hydrogens (tertiary/aromatic N) is 5. The second-order valence-electron chi connectivity index (χ2n) is 6.62. The van der Waals surface area contributed by atoms with E-state index in [0.717, 1.165) is 0 Å². The van der Waals surface area contributed by atoms with Crippen molar-refractivity contribution in [3.8, 4) is 5.75 Å². The number of halogens is 1. The van der Waals surface area contributed by atoms with Crippen LogP contribution in [-0.4, -0.2) is 36.0 Å². The lowest BCUT2D eigenvalue weighted by Gasteiger charge is -2.24. The Morgan fingerprint density at radius 2 is 1.64 bits per heavy atom. The number of hydrogen-bond acceptors (Lipinski definition) is 9. The van der Waals surface area contributed by atoms with Gasteiger partial charge in [0.15, 0.2) is 5.69 Å². The highest BCUT2D eigenvalue weighted by atomic mass is 19.1. The van der Waals surface area contributed by atoms with Gasteiger partial charge in [-0.1, -0.05) is 6.92 Å². The van der Waals surface area contributed by atoms with Crippen LogP contribution >= 0.6 is 0 Å². The van der Waals surface area contributed by atoms with E-state index < -0.39 is 32.7 Å². The Kier molecular flexibility index (Phi) is 8.31. The van der Waals surface area contributed by atoms with Gasteiger partial charge in [-0.05, 0) is 19.9 Å². The van der Waals surface area contributed by atoms with Crippen LogP contribution in [0.25, 0.3) is 0 Å². The smallest absolute Gasteiger partial charge is 0.311 e. The molecular formula is C20H23FN6O6. The SMILES string of the molecule is CCC(=O)Nc1cc(N(CC)CC)c(OC)cc1N=Nc1cc(F)c([N+](=O)[O-])cc1[N+](=O)[O-]. The quantitative estimate of drug-likeness (QED) is 0.287. The highest BCUT2D eigenvalue weighted by Crippen LogP contribution is 2.41. The number of carbonyl (C=O) groups excluding carboxylic acids is 1. The molecule has 176 valence electrons. The maximum Gasteiger partial charge on any atom is 0.311 e. The zero-order chi connectivity index (χ0) is 24.7. The van der Waals surface area contributed by atoms with Crippen molar-refractivity contribution in [3.05, 3.63) is 50.3 Å². The summed E-state index contributed by atoms with van der Waals surface area (Å²) in [4.78, 5) is 34.3. The minimum Gasteiger partial charge on any atom is -0.494 e. The van der Waals surface area contributed by atoms with Gasteiger partial charge < -0.3 is 15.0 Å². The van der Waals surface area contributed by atoms with Crippen molar-refractivity contribution in [1.82, 2.24) is 0 Å². The van der Waals surface area contributed by atoms with E-state index in [1.54, 1.807) is 13.0 Å². The third-order valence-corrected chi connectivity index (χ3v) is 4.70. The van der Waals surface area contributed by atoms with Crippen molar-refractivity contribution in [2.45, 2.75) is 27.2 Å². The largest absolute Gasteiger partial charge is 0.494 e. The average Bonchev–Trinajstić information content (AvgIpc) is 2.78. The monoisotopic (exact) mass is 462 g/mol. The number of rotatable bonds is 10. The van der Waals surface area contributed by atoms with E-state index in [0.29, 0.717) is 36.7 Å². The van der Waals surface area contributed by atoms with Gasteiger partial charge >= 0.3 is 11.4 Å². The van der Waals surface area contributed by atoms with E-state index >= 15 is 0 Å². The highest BCUT2D eigenvalue weighted by Gasteiger charge is 2.25. The minimum absolute atomic E-state index is 0.0950. The molecular weight excluding hydrogens is 439 g/mol. The number of nitro groups is 2. The predicted molar refractivity (Wildman–Crippen MR) is 119 cm³/mol. The molecule has 2 aromatic rings. The van der Waals surface area contributed by atoms with Crippen LogP contribution in [-0.2, 0) is 4.79 Å². The third kappa shape index (κ3) is 5.75. The molecule has 0 aliphatic rings. The summed E-state index contributed by atoms with van der Waals surface area (Å²) in [7, 11) is 1.45. The topological polar surface area (TPSA) is 153 Å². The Labute approximate surface area is 188 Å². The fourth-order valence-corrected chi connectivity index (χ4v) is 2.97. The molecule has 0 aliphatic heterocycles. The maximum atomic E-state index is 14.1. The number of hydrogen-bond donors (Lipinski definition) is 1. The molecule has 0 saturated carbocycles. The van der Waals surface area contributed by atoms with Crippen molar-refractivity contribution in [2.24, 2.45) is 10.2 Å². The average molecular weight is 462 g/mol. The van der Waals surface area contributed by atoms with Crippen molar-refractivity contribution in [1.29, 1.82) is 0 Å². The number of carbonyl (C=O) groups is 1. The summed E-state index contributed by atoms with van der Waals surface area (Å²) in [5.41, 5.74) is -1.33. The van der Waals surface area contributed by atoms with E-state index in [1.165, 1.54) is 13.2 Å². The van der Waals surface area contributed by atoms with Crippen LogP contribution in [0.3, 0.4) is 0 Å². The zero-order valence-corrected chi connectivity index (χ0v) is 18.5. The van der Waals surface area contributed by atoms with Crippen molar-refractivity contribution in [2.75, 3.05) is 30.4 Å². The lowest BCUT2D eigenvalue weighted by atomic mass is 10.2. The Morgan fingerprint density at radius 3 is 2.15 bits per heavy atom. The first kappa shape index (κ1) is 25.1. The molecule has 13 heteroatoms. The Balaban J connectivity index is 2.66. The number of azo groups is 1.